The molecule has 1 aromatic carbocycles. The van der Waals surface area contributed by atoms with Crippen LogP contribution < -0.4 is 5.32 Å². The number of nitrogens with one attached hydrogen (secondary N) is 1. The van der Waals surface area contributed by atoms with Gasteiger partial charge in [0, 0.05) is 25.2 Å². The molecule has 0 bridgehead atoms. The van der Waals surface area contributed by atoms with Crippen LogP contribution in [0, 0.1) is 6.92 Å². The van der Waals surface area contributed by atoms with E-state index in [1.807, 2.05) is 13.2 Å². The Labute approximate surface area is 111 Å². The number of benzene rings is 1. The lowest BCUT2D eigenvalue weighted by molar-refractivity contribution is 0.457. The SMILES string of the molecule is CNCc1ccc2ccn(Cc3nnc(C)o3)c2c1. The Balaban J connectivity index is 1.96. The third-order valence-electron chi connectivity index (χ3n) is 3.09. The van der Waals surface area contributed by atoms with Crippen molar-refractivity contribution in [3.05, 3.63) is 47.8 Å². The number of rotatable bonds is 4. The fourth-order valence-electron chi connectivity index (χ4n) is 2.23. The Morgan fingerprint density at radius 2 is 2.16 bits per heavy atom. The van der Waals surface area contributed by atoms with Gasteiger partial charge >= 0.3 is 0 Å². The van der Waals surface area contributed by atoms with Gasteiger partial charge in [-0.3, -0.25) is 0 Å². The van der Waals surface area contributed by atoms with Crippen molar-refractivity contribution >= 4 is 10.9 Å². The van der Waals surface area contributed by atoms with E-state index < -0.39 is 0 Å². The highest BCUT2D eigenvalue weighted by atomic mass is 16.4. The van der Waals surface area contributed by atoms with Gasteiger partial charge in [-0.1, -0.05) is 12.1 Å². The van der Waals surface area contributed by atoms with Crippen LogP contribution in [0.1, 0.15) is 17.3 Å². The van der Waals surface area contributed by atoms with Crippen molar-refractivity contribution in [2.24, 2.45) is 0 Å². The third kappa shape index (κ3) is 2.37. The van der Waals surface area contributed by atoms with Crippen LogP contribution in [0.5, 0.6) is 0 Å². The molecule has 0 aliphatic carbocycles. The Morgan fingerprint density at radius 1 is 1.26 bits per heavy atom. The summed E-state index contributed by atoms with van der Waals surface area (Å²) >= 11 is 0. The van der Waals surface area contributed by atoms with Gasteiger partial charge in [-0.15, -0.1) is 10.2 Å². The zero-order valence-electron chi connectivity index (χ0n) is 11.1. The monoisotopic (exact) mass is 256 g/mol. The molecule has 0 aliphatic rings. The number of aryl methyl sites for hydroxylation is 1. The lowest BCUT2D eigenvalue weighted by Gasteiger charge is -2.04. The van der Waals surface area contributed by atoms with Crippen LogP contribution in [-0.2, 0) is 13.1 Å². The van der Waals surface area contributed by atoms with Crippen LogP contribution >= 0.6 is 0 Å². The van der Waals surface area contributed by atoms with Crippen LogP contribution in [0.2, 0.25) is 0 Å². The number of hydrogen-bond donors (Lipinski definition) is 1. The Hall–Kier alpha value is -2.14. The first kappa shape index (κ1) is 11.9. The Kier molecular flexibility index (Phi) is 3.05. The number of nitrogens with zero attached hydrogens (tertiary/aromatic N) is 3. The van der Waals surface area contributed by atoms with Gasteiger partial charge in [0.15, 0.2) is 0 Å². The molecule has 19 heavy (non-hydrogen) atoms. The molecule has 0 radical (unpaired) electrons. The molecule has 0 spiro atoms. The molecule has 98 valence electrons. The van der Waals surface area contributed by atoms with Gasteiger partial charge in [-0.2, -0.15) is 0 Å². The summed E-state index contributed by atoms with van der Waals surface area (Å²) in [5.74, 6) is 1.23. The zero-order chi connectivity index (χ0) is 13.2. The molecule has 0 fully saturated rings. The van der Waals surface area contributed by atoms with Crippen molar-refractivity contribution in [3.63, 3.8) is 0 Å². The fraction of sp³-hybridized carbons (Fsp3) is 0.286. The van der Waals surface area contributed by atoms with Crippen LogP contribution in [0.4, 0.5) is 0 Å². The lowest BCUT2D eigenvalue weighted by Crippen LogP contribution is -2.05. The second-order valence-corrected chi connectivity index (χ2v) is 4.58. The minimum absolute atomic E-state index is 0.599. The van der Waals surface area contributed by atoms with Gasteiger partial charge < -0.3 is 14.3 Å². The van der Waals surface area contributed by atoms with Crippen molar-refractivity contribution in [3.8, 4) is 0 Å². The summed E-state index contributed by atoms with van der Waals surface area (Å²) in [6, 6.07) is 8.56. The lowest BCUT2D eigenvalue weighted by atomic mass is 10.1. The van der Waals surface area contributed by atoms with Crippen molar-refractivity contribution in [2.75, 3.05) is 7.05 Å². The zero-order valence-corrected chi connectivity index (χ0v) is 11.1. The first-order valence-electron chi connectivity index (χ1n) is 6.27. The highest BCUT2D eigenvalue weighted by Crippen LogP contribution is 2.19. The van der Waals surface area contributed by atoms with Gasteiger partial charge in [0.05, 0.1) is 0 Å². The summed E-state index contributed by atoms with van der Waals surface area (Å²) in [6.07, 6.45) is 2.05. The maximum Gasteiger partial charge on any atom is 0.236 e. The van der Waals surface area contributed by atoms with Crippen LogP contribution in [0.15, 0.2) is 34.9 Å². The van der Waals surface area contributed by atoms with Gasteiger partial charge in [0.25, 0.3) is 0 Å². The van der Waals surface area contributed by atoms with E-state index in [4.69, 9.17) is 4.42 Å². The van der Waals surface area contributed by atoms with Crippen molar-refractivity contribution in [1.82, 2.24) is 20.1 Å². The molecule has 2 heterocycles. The van der Waals surface area contributed by atoms with Crippen molar-refractivity contribution in [1.29, 1.82) is 0 Å². The molecule has 1 N–H and O–H groups in total. The molecule has 0 aliphatic heterocycles. The van der Waals surface area contributed by atoms with E-state index in [0.717, 1.165) is 6.54 Å². The molecule has 3 aromatic rings. The number of fused-ring (bicyclic) bond motifs is 1. The molecule has 5 heteroatoms. The Bertz CT molecular complexity index is 698. The minimum Gasteiger partial charge on any atom is -0.424 e. The van der Waals surface area contributed by atoms with Gasteiger partial charge in [0.2, 0.25) is 11.8 Å². The molecular weight excluding hydrogens is 240 g/mol. The summed E-state index contributed by atoms with van der Waals surface area (Å²) in [4.78, 5) is 0. The van der Waals surface area contributed by atoms with Crippen LogP contribution in [0.3, 0.4) is 0 Å². The molecule has 3 rings (SSSR count). The van der Waals surface area contributed by atoms with Gasteiger partial charge in [-0.25, -0.2) is 0 Å². The Morgan fingerprint density at radius 3 is 2.89 bits per heavy atom. The molecule has 0 unspecified atom stereocenters. The summed E-state index contributed by atoms with van der Waals surface area (Å²) < 4.78 is 7.55. The summed E-state index contributed by atoms with van der Waals surface area (Å²) in [5, 5.41) is 12.3. The highest BCUT2D eigenvalue weighted by Gasteiger charge is 2.07. The second kappa shape index (κ2) is 4.85. The van der Waals surface area contributed by atoms with E-state index >= 15 is 0 Å². The molecule has 2 aromatic heterocycles. The van der Waals surface area contributed by atoms with Gasteiger partial charge in [-0.05, 0) is 30.1 Å². The summed E-state index contributed by atoms with van der Waals surface area (Å²) in [7, 11) is 1.95. The van der Waals surface area contributed by atoms with E-state index in [1.54, 1.807) is 6.92 Å². The smallest absolute Gasteiger partial charge is 0.236 e. The average Bonchev–Trinajstić information content (AvgIpc) is 2.98. The molecular formula is C14H16N4O. The van der Waals surface area contributed by atoms with E-state index in [9.17, 15) is 0 Å². The van der Waals surface area contributed by atoms with E-state index in [2.05, 4.69) is 44.3 Å². The predicted molar refractivity (Wildman–Crippen MR) is 72.8 cm³/mol. The first-order valence-corrected chi connectivity index (χ1v) is 6.27. The molecule has 0 saturated heterocycles. The highest BCUT2D eigenvalue weighted by molar-refractivity contribution is 5.80. The second-order valence-electron chi connectivity index (χ2n) is 4.58. The summed E-state index contributed by atoms with van der Waals surface area (Å²) in [5.41, 5.74) is 2.44. The van der Waals surface area contributed by atoms with Crippen molar-refractivity contribution < 1.29 is 4.42 Å². The first-order chi connectivity index (χ1) is 9.26. The quantitative estimate of drug-likeness (QED) is 0.776. The van der Waals surface area contributed by atoms with Crippen LogP contribution in [0.25, 0.3) is 10.9 Å². The van der Waals surface area contributed by atoms with Gasteiger partial charge in [0.1, 0.15) is 6.54 Å². The maximum atomic E-state index is 5.43. The molecule has 0 atom stereocenters. The minimum atomic E-state index is 0.599. The standard InChI is InChI=1S/C14H16N4O/c1-10-16-17-14(19-10)9-18-6-5-12-4-3-11(8-15-2)7-13(12)18/h3-7,15H,8-9H2,1-2H3. The third-order valence-corrected chi connectivity index (χ3v) is 3.09. The number of aromatic nitrogens is 3. The van der Waals surface area contributed by atoms with Crippen molar-refractivity contribution in [2.45, 2.75) is 20.0 Å². The maximum absolute atomic E-state index is 5.43. The van der Waals surface area contributed by atoms with Crippen LogP contribution in [-0.4, -0.2) is 21.8 Å². The fourth-order valence-corrected chi connectivity index (χ4v) is 2.23. The topological polar surface area (TPSA) is 55.9 Å². The predicted octanol–water partition coefficient (Wildman–Crippen LogP) is 2.10. The van der Waals surface area contributed by atoms with E-state index in [0.29, 0.717) is 18.3 Å². The molecule has 5 nitrogen and oxygen atoms in total. The number of hydrogen-bond acceptors (Lipinski definition) is 4. The normalized spacial score (nSPS) is 11.3. The van der Waals surface area contributed by atoms with E-state index in [-0.39, 0.29) is 0 Å². The average molecular weight is 256 g/mol. The molecule has 0 amide bonds. The summed E-state index contributed by atoms with van der Waals surface area (Å²) in [6.45, 7) is 3.27. The van der Waals surface area contributed by atoms with E-state index in [1.165, 1.54) is 16.5 Å². The molecule has 0 saturated carbocycles. The largest absolute Gasteiger partial charge is 0.424 e.